The second-order valence-corrected chi connectivity index (χ2v) is 3.97. The largest absolute Gasteiger partial charge is 0.497 e. The molecule has 1 heterocycles. The molecular formula is C10H12ClNO2. The minimum absolute atomic E-state index is 0.391. The van der Waals surface area contributed by atoms with Gasteiger partial charge < -0.3 is 15.2 Å². The van der Waals surface area contributed by atoms with Gasteiger partial charge in [0.15, 0.2) is 0 Å². The molecular weight excluding hydrogens is 202 g/mol. The maximum atomic E-state index is 6.08. The molecule has 2 N–H and O–H groups in total. The van der Waals surface area contributed by atoms with Gasteiger partial charge in [0.05, 0.1) is 25.9 Å². The van der Waals surface area contributed by atoms with Gasteiger partial charge in [-0.2, -0.15) is 0 Å². The predicted molar refractivity (Wildman–Crippen MR) is 54.7 cm³/mol. The van der Waals surface area contributed by atoms with Gasteiger partial charge in [0.2, 0.25) is 0 Å². The fraction of sp³-hybridized carbons (Fsp3) is 0.400. The van der Waals surface area contributed by atoms with Crippen molar-refractivity contribution in [2.45, 2.75) is 5.54 Å². The molecule has 0 radical (unpaired) electrons. The molecule has 0 aliphatic carbocycles. The van der Waals surface area contributed by atoms with Gasteiger partial charge in [-0.3, -0.25) is 0 Å². The van der Waals surface area contributed by atoms with Gasteiger partial charge in [0, 0.05) is 5.02 Å². The van der Waals surface area contributed by atoms with Gasteiger partial charge in [-0.15, -0.1) is 0 Å². The third kappa shape index (κ3) is 1.59. The van der Waals surface area contributed by atoms with E-state index in [4.69, 9.17) is 26.8 Å². The van der Waals surface area contributed by atoms with Gasteiger partial charge in [-0.25, -0.2) is 0 Å². The maximum absolute atomic E-state index is 6.08. The molecule has 0 atom stereocenters. The summed E-state index contributed by atoms with van der Waals surface area (Å²) >= 11 is 5.94. The van der Waals surface area contributed by atoms with Crippen LogP contribution in [-0.2, 0) is 10.3 Å². The second kappa shape index (κ2) is 3.42. The highest BCUT2D eigenvalue weighted by Crippen LogP contribution is 2.31. The highest BCUT2D eigenvalue weighted by Gasteiger charge is 2.36. The zero-order valence-corrected chi connectivity index (χ0v) is 8.67. The number of rotatable bonds is 2. The van der Waals surface area contributed by atoms with Crippen molar-refractivity contribution in [3.05, 3.63) is 28.8 Å². The Morgan fingerprint density at radius 1 is 1.43 bits per heavy atom. The quantitative estimate of drug-likeness (QED) is 0.811. The van der Waals surface area contributed by atoms with Crippen LogP contribution >= 0.6 is 11.6 Å². The zero-order valence-electron chi connectivity index (χ0n) is 7.92. The summed E-state index contributed by atoms with van der Waals surface area (Å²) in [6.07, 6.45) is 0. The smallest absolute Gasteiger partial charge is 0.120 e. The van der Waals surface area contributed by atoms with Crippen molar-refractivity contribution in [3.63, 3.8) is 0 Å². The van der Waals surface area contributed by atoms with Gasteiger partial charge in [0.25, 0.3) is 0 Å². The first kappa shape index (κ1) is 9.77. The third-order valence-corrected chi connectivity index (χ3v) is 2.62. The maximum Gasteiger partial charge on any atom is 0.120 e. The number of hydrogen-bond donors (Lipinski definition) is 1. The average molecular weight is 214 g/mol. The molecule has 1 aromatic rings. The first-order valence-corrected chi connectivity index (χ1v) is 4.73. The van der Waals surface area contributed by atoms with Crippen molar-refractivity contribution in [2.75, 3.05) is 20.3 Å². The van der Waals surface area contributed by atoms with Crippen molar-refractivity contribution in [3.8, 4) is 5.75 Å². The predicted octanol–water partition coefficient (Wildman–Crippen LogP) is 1.53. The average Bonchev–Trinajstić information content (AvgIpc) is 2.13. The second-order valence-electron chi connectivity index (χ2n) is 3.53. The Morgan fingerprint density at radius 3 is 2.64 bits per heavy atom. The Bertz CT molecular complexity index is 350. The van der Waals surface area contributed by atoms with Crippen molar-refractivity contribution in [1.29, 1.82) is 0 Å². The molecule has 0 aromatic heterocycles. The zero-order chi connectivity index (χ0) is 10.2. The first-order chi connectivity index (χ1) is 6.64. The Labute approximate surface area is 87.8 Å². The fourth-order valence-electron chi connectivity index (χ4n) is 1.46. The molecule has 1 aliphatic rings. The summed E-state index contributed by atoms with van der Waals surface area (Å²) in [5.41, 5.74) is 6.65. The van der Waals surface area contributed by atoms with E-state index >= 15 is 0 Å². The molecule has 2 rings (SSSR count). The summed E-state index contributed by atoms with van der Waals surface area (Å²) in [5.74, 6) is 0.726. The van der Waals surface area contributed by atoms with Crippen molar-refractivity contribution in [2.24, 2.45) is 5.73 Å². The summed E-state index contributed by atoms with van der Waals surface area (Å²) < 4.78 is 10.2. The third-order valence-electron chi connectivity index (χ3n) is 2.40. The van der Waals surface area contributed by atoms with Gasteiger partial charge in [-0.05, 0) is 23.8 Å². The highest BCUT2D eigenvalue weighted by atomic mass is 35.5. The fourth-order valence-corrected chi connectivity index (χ4v) is 1.68. The van der Waals surface area contributed by atoms with Crippen molar-refractivity contribution in [1.82, 2.24) is 0 Å². The van der Waals surface area contributed by atoms with Gasteiger partial charge in [-0.1, -0.05) is 11.6 Å². The lowest BCUT2D eigenvalue weighted by Crippen LogP contribution is -2.54. The topological polar surface area (TPSA) is 44.5 Å². The lowest BCUT2D eigenvalue weighted by molar-refractivity contribution is -0.0569. The number of halogens is 1. The van der Waals surface area contributed by atoms with E-state index in [2.05, 4.69) is 0 Å². The van der Waals surface area contributed by atoms with Crippen LogP contribution in [0.2, 0.25) is 5.02 Å². The number of methoxy groups -OCH3 is 1. The Hall–Kier alpha value is -0.770. The van der Waals surface area contributed by atoms with Crippen LogP contribution in [0.25, 0.3) is 0 Å². The van der Waals surface area contributed by atoms with E-state index in [-0.39, 0.29) is 0 Å². The summed E-state index contributed by atoms with van der Waals surface area (Å²) in [7, 11) is 1.61. The summed E-state index contributed by atoms with van der Waals surface area (Å²) in [5, 5.41) is 0.635. The Balaban J connectivity index is 2.37. The summed E-state index contributed by atoms with van der Waals surface area (Å²) in [4.78, 5) is 0. The minimum Gasteiger partial charge on any atom is -0.497 e. The molecule has 3 nitrogen and oxygen atoms in total. The molecule has 1 aliphatic heterocycles. The van der Waals surface area contributed by atoms with E-state index in [1.807, 2.05) is 12.1 Å². The van der Waals surface area contributed by atoms with E-state index in [1.54, 1.807) is 13.2 Å². The number of ether oxygens (including phenoxy) is 2. The Kier molecular flexibility index (Phi) is 2.39. The highest BCUT2D eigenvalue weighted by molar-refractivity contribution is 6.30. The van der Waals surface area contributed by atoms with E-state index in [9.17, 15) is 0 Å². The SMILES string of the molecule is COc1cc(Cl)cc(C2(N)COC2)c1. The summed E-state index contributed by atoms with van der Waals surface area (Å²) in [6.45, 7) is 1.08. The minimum atomic E-state index is -0.391. The monoisotopic (exact) mass is 213 g/mol. The molecule has 1 saturated heterocycles. The number of hydrogen-bond acceptors (Lipinski definition) is 3. The molecule has 0 amide bonds. The first-order valence-electron chi connectivity index (χ1n) is 4.36. The van der Waals surface area contributed by atoms with Crippen LogP contribution < -0.4 is 10.5 Å². The number of nitrogens with two attached hydrogens (primary N) is 1. The molecule has 0 unspecified atom stereocenters. The standard InChI is InChI=1S/C10H12ClNO2/c1-13-9-3-7(2-8(11)4-9)10(12)5-14-6-10/h2-4H,5-6,12H2,1H3. The molecule has 0 bridgehead atoms. The normalized spacial score (nSPS) is 18.8. The van der Waals surface area contributed by atoms with Gasteiger partial charge >= 0.3 is 0 Å². The molecule has 14 heavy (non-hydrogen) atoms. The van der Waals surface area contributed by atoms with Crippen molar-refractivity contribution < 1.29 is 9.47 Å². The van der Waals surface area contributed by atoms with E-state index in [0.717, 1.165) is 11.3 Å². The number of benzene rings is 1. The van der Waals surface area contributed by atoms with E-state index in [0.29, 0.717) is 18.2 Å². The van der Waals surface area contributed by atoms with Crippen LogP contribution in [0.4, 0.5) is 0 Å². The molecule has 1 aromatic carbocycles. The molecule has 76 valence electrons. The van der Waals surface area contributed by atoms with E-state index < -0.39 is 5.54 Å². The van der Waals surface area contributed by atoms with Crippen LogP contribution in [0, 0.1) is 0 Å². The molecule has 1 fully saturated rings. The Morgan fingerprint density at radius 2 is 2.14 bits per heavy atom. The van der Waals surface area contributed by atoms with Crippen LogP contribution in [0.1, 0.15) is 5.56 Å². The summed E-state index contributed by atoms with van der Waals surface area (Å²) in [6, 6.07) is 5.51. The van der Waals surface area contributed by atoms with Crippen LogP contribution in [0.15, 0.2) is 18.2 Å². The van der Waals surface area contributed by atoms with Crippen LogP contribution in [0.3, 0.4) is 0 Å². The van der Waals surface area contributed by atoms with Crippen LogP contribution in [-0.4, -0.2) is 20.3 Å². The molecule has 0 spiro atoms. The van der Waals surface area contributed by atoms with Crippen molar-refractivity contribution >= 4 is 11.6 Å². The van der Waals surface area contributed by atoms with Crippen LogP contribution in [0.5, 0.6) is 5.75 Å². The van der Waals surface area contributed by atoms with E-state index in [1.165, 1.54) is 0 Å². The molecule has 0 saturated carbocycles. The van der Waals surface area contributed by atoms with Gasteiger partial charge in [0.1, 0.15) is 5.75 Å². The lowest BCUT2D eigenvalue weighted by Gasteiger charge is -2.38. The molecule has 4 heteroatoms. The lowest BCUT2D eigenvalue weighted by atomic mass is 9.89.